The zero-order valence-corrected chi connectivity index (χ0v) is 11.8. The first-order chi connectivity index (χ1) is 9.20. The molecular weight excluding hydrogens is 260 g/mol. The maximum Gasteiger partial charge on any atom is 0.252 e. The minimum absolute atomic E-state index is 0.0961. The van der Waals surface area contributed by atoms with E-state index in [-0.39, 0.29) is 10.8 Å². The first-order valence-electron chi connectivity index (χ1n) is 6.53. The molecule has 1 aromatic rings. The van der Waals surface area contributed by atoms with Gasteiger partial charge in [0.15, 0.2) is 0 Å². The highest BCUT2D eigenvalue weighted by atomic mass is 32.2. The van der Waals surface area contributed by atoms with Crippen molar-refractivity contribution >= 4 is 23.5 Å². The Morgan fingerprint density at radius 2 is 2.16 bits per heavy atom. The molecular formula is C13H18N4OS. The molecule has 1 spiro atoms. The number of thioether (sulfide) groups is 1. The summed E-state index contributed by atoms with van der Waals surface area (Å²) in [6.07, 6.45) is 3.73. The monoisotopic (exact) mass is 278 g/mol. The fourth-order valence-corrected chi connectivity index (χ4v) is 3.87. The summed E-state index contributed by atoms with van der Waals surface area (Å²) in [5, 5.41) is 1.81. The molecule has 0 atom stereocenters. The van der Waals surface area contributed by atoms with Crippen molar-refractivity contribution in [3.05, 3.63) is 24.4 Å². The fraction of sp³-hybridized carbons (Fsp3) is 0.538. The smallest absolute Gasteiger partial charge is 0.252 e. The molecule has 3 heterocycles. The zero-order valence-electron chi connectivity index (χ0n) is 11.0. The summed E-state index contributed by atoms with van der Waals surface area (Å²) in [5.74, 6) is 1.45. The van der Waals surface area contributed by atoms with E-state index in [4.69, 9.17) is 0 Å². The van der Waals surface area contributed by atoms with Crippen LogP contribution in [0, 0.1) is 0 Å². The van der Waals surface area contributed by atoms with Crippen molar-refractivity contribution in [2.75, 3.05) is 31.3 Å². The third kappa shape index (κ3) is 2.42. The number of aromatic nitrogens is 1. The Kier molecular flexibility index (Phi) is 3.36. The standard InChI is InChI=1S/C13H18N4OS/c1-16-8-5-13(6-9-16)17(12(18)10-19-13)15-11-4-2-3-7-14-11/h2-4,7H,5-6,8-10H2,1H3,(H,14,15). The number of hydrogen-bond acceptors (Lipinski definition) is 5. The maximum absolute atomic E-state index is 12.1. The summed E-state index contributed by atoms with van der Waals surface area (Å²) in [6, 6.07) is 5.68. The van der Waals surface area contributed by atoms with Crippen molar-refractivity contribution < 1.29 is 4.79 Å². The molecule has 0 aliphatic carbocycles. The molecule has 0 bridgehead atoms. The Labute approximate surface area is 117 Å². The van der Waals surface area contributed by atoms with Crippen molar-refractivity contribution in [1.29, 1.82) is 0 Å². The van der Waals surface area contributed by atoms with E-state index in [1.807, 2.05) is 23.2 Å². The minimum Gasteiger partial charge on any atom is -0.306 e. The first kappa shape index (κ1) is 12.7. The Morgan fingerprint density at radius 3 is 2.84 bits per heavy atom. The second-order valence-electron chi connectivity index (χ2n) is 5.09. The van der Waals surface area contributed by atoms with Crippen LogP contribution in [0.2, 0.25) is 0 Å². The quantitative estimate of drug-likeness (QED) is 0.886. The van der Waals surface area contributed by atoms with E-state index in [9.17, 15) is 4.79 Å². The van der Waals surface area contributed by atoms with Gasteiger partial charge in [-0.2, -0.15) is 0 Å². The average molecular weight is 278 g/mol. The summed E-state index contributed by atoms with van der Waals surface area (Å²) in [6.45, 7) is 2.06. The van der Waals surface area contributed by atoms with Gasteiger partial charge in [-0.05, 0) is 32.0 Å². The number of carbonyl (C=O) groups is 1. The number of carbonyl (C=O) groups excluding carboxylic acids is 1. The molecule has 2 saturated heterocycles. The van der Waals surface area contributed by atoms with E-state index in [1.54, 1.807) is 18.0 Å². The van der Waals surface area contributed by atoms with E-state index in [0.29, 0.717) is 5.75 Å². The number of anilines is 1. The lowest BCUT2D eigenvalue weighted by molar-refractivity contribution is -0.129. The molecule has 3 rings (SSSR count). The van der Waals surface area contributed by atoms with Crippen LogP contribution in [0.5, 0.6) is 0 Å². The summed E-state index contributed by atoms with van der Waals surface area (Å²) in [7, 11) is 2.13. The summed E-state index contributed by atoms with van der Waals surface area (Å²) >= 11 is 1.76. The summed E-state index contributed by atoms with van der Waals surface area (Å²) < 4.78 is 0. The lowest BCUT2D eigenvalue weighted by Gasteiger charge is -2.42. The van der Waals surface area contributed by atoms with Crippen molar-refractivity contribution in [2.45, 2.75) is 17.7 Å². The van der Waals surface area contributed by atoms with Gasteiger partial charge in [0, 0.05) is 19.3 Å². The van der Waals surface area contributed by atoms with Crippen LogP contribution in [-0.2, 0) is 4.79 Å². The van der Waals surface area contributed by atoms with E-state index in [2.05, 4.69) is 22.4 Å². The SMILES string of the molecule is CN1CCC2(CC1)SCC(=O)N2Nc1ccccn1. The van der Waals surface area contributed by atoms with Gasteiger partial charge in [-0.15, -0.1) is 11.8 Å². The van der Waals surface area contributed by atoms with Crippen LogP contribution < -0.4 is 5.43 Å². The largest absolute Gasteiger partial charge is 0.306 e. The highest BCUT2D eigenvalue weighted by Crippen LogP contribution is 2.43. The molecule has 2 aliphatic heterocycles. The van der Waals surface area contributed by atoms with Gasteiger partial charge in [0.1, 0.15) is 10.7 Å². The number of hydrazine groups is 1. The molecule has 2 fully saturated rings. The molecule has 0 unspecified atom stereocenters. The van der Waals surface area contributed by atoms with Gasteiger partial charge in [-0.25, -0.2) is 9.99 Å². The molecule has 2 aliphatic rings. The number of amides is 1. The highest BCUT2D eigenvalue weighted by Gasteiger charge is 2.48. The van der Waals surface area contributed by atoms with Crippen molar-refractivity contribution in [1.82, 2.24) is 14.9 Å². The van der Waals surface area contributed by atoms with E-state index in [0.717, 1.165) is 31.7 Å². The van der Waals surface area contributed by atoms with Gasteiger partial charge in [-0.3, -0.25) is 10.2 Å². The first-order valence-corrected chi connectivity index (χ1v) is 7.51. The lowest BCUT2D eigenvalue weighted by Crippen LogP contribution is -2.53. The number of likely N-dealkylation sites (tertiary alicyclic amines) is 1. The van der Waals surface area contributed by atoms with Crippen LogP contribution in [-0.4, -0.2) is 51.6 Å². The molecule has 0 aromatic carbocycles. The number of nitrogens with zero attached hydrogens (tertiary/aromatic N) is 3. The van der Waals surface area contributed by atoms with Crippen LogP contribution in [0.25, 0.3) is 0 Å². The highest BCUT2D eigenvalue weighted by molar-refractivity contribution is 8.01. The molecule has 0 saturated carbocycles. The number of nitrogens with one attached hydrogen (secondary N) is 1. The molecule has 102 valence electrons. The zero-order chi connectivity index (χ0) is 13.3. The molecule has 1 N–H and O–H groups in total. The van der Waals surface area contributed by atoms with E-state index < -0.39 is 0 Å². The number of pyridine rings is 1. The molecule has 5 nitrogen and oxygen atoms in total. The summed E-state index contributed by atoms with van der Waals surface area (Å²) in [5.41, 5.74) is 3.20. The Balaban J connectivity index is 1.79. The van der Waals surface area contributed by atoms with Crippen LogP contribution in [0.1, 0.15) is 12.8 Å². The predicted octanol–water partition coefficient (Wildman–Crippen LogP) is 1.41. The molecule has 6 heteroatoms. The second kappa shape index (κ2) is 5.02. The third-order valence-corrected chi connectivity index (χ3v) is 5.30. The molecule has 19 heavy (non-hydrogen) atoms. The van der Waals surface area contributed by atoms with Crippen LogP contribution in [0.3, 0.4) is 0 Å². The van der Waals surface area contributed by atoms with Crippen LogP contribution in [0.4, 0.5) is 5.82 Å². The Bertz CT molecular complexity index is 459. The van der Waals surface area contributed by atoms with Gasteiger partial charge in [0.25, 0.3) is 5.91 Å². The molecule has 1 aromatic heterocycles. The summed E-state index contributed by atoms with van der Waals surface area (Å²) in [4.78, 5) is 18.6. The fourth-order valence-electron chi connectivity index (χ4n) is 2.60. The number of hydrogen-bond donors (Lipinski definition) is 1. The van der Waals surface area contributed by atoms with E-state index >= 15 is 0 Å². The number of rotatable bonds is 2. The topological polar surface area (TPSA) is 48.5 Å². The predicted molar refractivity (Wildman–Crippen MR) is 76.6 cm³/mol. The van der Waals surface area contributed by atoms with Gasteiger partial charge < -0.3 is 4.90 Å². The maximum atomic E-state index is 12.1. The van der Waals surface area contributed by atoms with Crippen LogP contribution in [0.15, 0.2) is 24.4 Å². The molecule has 0 radical (unpaired) electrons. The Hall–Kier alpha value is -1.27. The van der Waals surface area contributed by atoms with Gasteiger partial charge in [0.2, 0.25) is 0 Å². The second-order valence-corrected chi connectivity index (χ2v) is 6.43. The minimum atomic E-state index is -0.0961. The third-order valence-electron chi connectivity index (χ3n) is 3.78. The van der Waals surface area contributed by atoms with Crippen molar-refractivity contribution in [3.8, 4) is 0 Å². The van der Waals surface area contributed by atoms with Crippen LogP contribution >= 0.6 is 11.8 Å². The van der Waals surface area contributed by atoms with Gasteiger partial charge in [-0.1, -0.05) is 6.07 Å². The van der Waals surface area contributed by atoms with Gasteiger partial charge >= 0.3 is 0 Å². The molecule has 1 amide bonds. The normalized spacial score (nSPS) is 23.0. The van der Waals surface area contributed by atoms with E-state index in [1.165, 1.54) is 0 Å². The van der Waals surface area contributed by atoms with Gasteiger partial charge in [0.05, 0.1) is 5.75 Å². The number of piperidine rings is 1. The Morgan fingerprint density at radius 1 is 1.37 bits per heavy atom. The lowest BCUT2D eigenvalue weighted by atomic mass is 10.0. The van der Waals surface area contributed by atoms with Crippen molar-refractivity contribution in [2.24, 2.45) is 0 Å². The average Bonchev–Trinajstić information content (AvgIpc) is 2.73. The van der Waals surface area contributed by atoms with Crippen molar-refractivity contribution in [3.63, 3.8) is 0 Å².